The molecule has 3 N–H and O–H groups in total. The molecule has 0 heterocycles. The van der Waals surface area contributed by atoms with Crippen molar-refractivity contribution >= 4 is 44.7 Å². The minimum atomic E-state index is -3.75. The first-order chi connectivity index (χ1) is 13.7. The molecule has 3 aromatic rings. The Labute approximate surface area is 175 Å². The van der Waals surface area contributed by atoms with Crippen LogP contribution in [0.25, 0.3) is 0 Å². The van der Waals surface area contributed by atoms with Crippen LogP contribution in [0.4, 0.5) is 21.9 Å². The molecule has 0 spiro atoms. The van der Waals surface area contributed by atoms with Crippen molar-refractivity contribution in [2.75, 3.05) is 15.4 Å². The maximum absolute atomic E-state index is 12.7. The number of carbonyl (C=O) groups excluding carboxylic acids is 1. The van der Waals surface area contributed by atoms with Gasteiger partial charge in [-0.25, -0.2) is 13.2 Å². The molecule has 0 unspecified atom stereocenters. The van der Waals surface area contributed by atoms with E-state index in [1.807, 2.05) is 32.0 Å². The Bertz CT molecular complexity index is 1130. The number of anilines is 3. The zero-order chi connectivity index (χ0) is 21.0. The summed E-state index contributed by atoms with van der Waals surface area (Å²) in [5.74, 6) is 0. The molecule has 0 fully saturated rings. The Morgan fingerprint density at radius 1 is 0.828 bits per heavy atom. The van der Waals surface area contributed by atoms with Gasteiger partial charge >= 0.3 is 6.03 Å². The zero-order valence-electron chi connectivity index (χ0n) is 15.9. The Morgan fingerprint density at radius 2 is 1.41 bits per heavy atom. The number of hydrogen-bond donors (Lipinski definition) is 3. The van der Waals surface area contributed by atoms with Crippen molar-refractivity contribution in [3.05, 3.63) is 82.9 Å². The number of aryl methyl sites for hydroxylation is 2. The number of hydrogen-bond acceptors (Lipinski definition) is 3. The molecule has 0 radical (unpaired) electrons. The van der Waals surface area contributed by atoms with Crippen molar-refractivity contribution in [1.29, 1.82) is 0 Å². The third-order valence-electron chi connectivity index (χ3n) is 4.22. The monoisotopic (exact) mass is 429 g/mol. The van der Waals surface area contributed by atoms with Gasteiger partial charge in [-0.3, -0.25) is 4.72 Å². The van der Waals surface area contributed by atoms with E-state index in [4.69, 9.17) is 11.6 Å². The molecule has 3 aromatic carbocycles. The lowest BCUT2D eigenvalue weighted by atomic mass is 10.1. The summed E-state index contributed by atoms with van der Waals surface area (Å²) in [5.41, 5.74) is 3.24. The Balaban J connectivity index is 1.70. The second-order valence-electron chi connectivity index (χ2n) is 6.49. The van der Waals surface area contributed by atoms with Crippen LogP contribution in [0.3, 0.4) is 0 Å². The number of urea groups is 1. The molecule has 29 heavy (non-hydrogen) atoms. The number of amides is 2. The van der Waals surface area contributed by atoms with Gasteiger partial charge < -0.3 is 10.6 Å². The predicted octanol–water partition coefficient (Wildman–Crippen LogP) is 5.40. The van der Waals surface area contributed by atoms with E-state index < -0.39 is 16.1 Å². The minimum absolute atomic E-state index is 0.0981. The highest BCUT2D eigenvalue weighted by Gasteiger charge is 2.16. The average Bonchev–Trinajstić information content (AvgIpc) is 2.65. The molecule has 0 aliphatic carbocycles. The third-order valence-corrected chi connectivity index (χ3v) is 5.82. The molecule has 0 aliphatic heterocycles. The molecule has 2 amide bonds. The summed E-state index contributed by atoms with van der Waals surface area (Å²) in [7, 11) is -3.75. The van der Waals surface area contributed by atoms with Crippen molar-refractivity contribution in [3.8, 4) is 0 Å². The lowest BCUT2D eigenvalue weighted by Crippen LogP contribution is -2.19. The minimum Gasteiger partial charge on any atom is -0.308 e. The second-order valence-corrected chi connectivity index (χ2v) is 8.60. The largest absolute Gasteiger partial charge is 0.323 e. The summed E-state index contributed by atoms with van der Waals surface area (Å²) in [4.78, 5) is 12.2. The van der Waals surface area contributed by atoms with Crippen molar-refractivity contribution < 1.29 is 13.2 Å². The standard InChI is InChI=1S/C21H20ClN3O3S/c1-14-5-3-6-15(2)20(14)25-29(27,28)19-11-9-17(10-12-19)23-21(26)24-18-8-4-7-16(22)13-18/h3-13,25H,1-2H3,(H2,23,24,26). The van der Waals surface area contributed by atoms with Crippen molar-refractivity contribution in [2.45, 2.75) is 18.7 Å². The van der Waals surface area contributed by atoms with Crippen LogP contribution in [-0.2, 0) is 10.0 Å². The molecular formula is C21H20ClN3O3S. The number of sulfonamides is 1. The number of rotatable bonds is 5. The van der Waals surface area contributed by atoms with Crippen LogP contribution in [0.15, 0.2) is 71.6 Å². The Hall–Kier alpha value is -3.03. The van der Waals surface area contributed by atoms with Gasteiger partial charge in [-0.05, 0) is 67.4 Å². The zero-order valence-corrected chi connectivity index (χ0v) is 17.4. The first-order valence-electron chi connectivity index (χ1n) is 8.77. The highest BCUT2D eigenvalue weighted by Crippen LogP contribution is 2.24. The van der Waals surface area contributed by atoms with Gasteiger partial charge in [0, 0.05) is 16.4 Å². The van der Waals surface area contributed by atoms with E-state index in [0.29, 0.717) is 22.1 Å². The summed E-state index contributed by atoms with van der Waals surface area (Å²) >= 11 is 5.89. The van der Waals surface area contributed by atoms with E-state index in [0.717, 1.165) is 11.1 Å². The summed E-state index contributed by atoms with van der Waals surface area (Å²) in [6.45, 7) is 3.69. The number of para-hydroxylation sites is 1. The van der Waals surface area contributed by atoms with Gasteiger partial charge in [0.15, 0.2) is 0 Å². The Morgan fingerprint density at radius 3 is 2.03 bits per heavy atom. The molecule has 0 saturated carbocycles. The lowest BCUT2D eigenvalue weighted by Gasteiger charge is -2.13. The topological polar surface area (TPSA) is 87.3 Å². The second kappa shape index (κ2) is 8.55. The highest BCUT2D eigenvalue weighted by molar-refractivity contribution is 7.92. The number of benzene rings is 3. The number of halogens is 1. The summed E-state index contributed by atoms with van der Waals surface area (Å²) < 4.78 is 28.0. The molecule has 6 nitrogen and oxygen atoms in total. The maximum atomic E-state index is 12.7. The molecular weight excluding hydrogens is 410 g/mol. The van der Waals surface area contributed by atoms with Gasteiger partial charge in [0.1, 0.15) is 0 Å². The third kappa shape index (κ3) is 5.28. The summed E-state index contributed by atoms with van der Waals surface area (Å²) in [6.07, 6.45) is 0. The van der Waals surface area contributed by atoms with Crippen LogP contribution in [0, 0.1) is 13.8 Å². The smallest absolute Gasteiger partial charge is 0.308 e. The highest BCUT2D eigenvalue weighted by atomic mass is 35.5. The fraction of sp³-hybridized carbons (Fsp3) is 0.0952. The lowest BCUT2D eigenvalue weighted by molar-refractivity contribution is 0.262. The van der Waals surface area contributed by atoms with Crippen LogP contribution >= 0.6 is 11.6 Å². The molecule has 3 rings (SSSR count). The molecule has 150 valence electrons. The van der Waals surface area contributed by atoms with E-state index in [1.54, 1.807) is 24.3 Å². The van der Waals surface area contributed by atoms with Crippen LogP contribution in [-0.4, -0.2) is 14.4 Å². The van der Waals surface area contributed by atoms with Crippen molar-refractivity contribution in [1.82, 2.24) is 0 Å². The maximum Gasteiger partial charge on any atom is 0.323 e. The molecule has 0 aromatic heterocycles. The molecule has 0 atom stereocenters. The normalized spacial score (nSPS) is 11.0. The number of nitrogens with one attached hydrogen (secondary N) is 3. The van der Waals surface area contributed by atoms with Gasteiger partial charge in [-0.2, -0.15) is 0 Å². The summed E-state index contributed by atoms with van der Waals surface area (Å²) in [6, 6.07) is 17.8. The van der Waals surface area contributed by atoms with Crippen molar-refractivity contribution in [2.24, 2.45) is 0 Å². The van der Waals surface area contributed by atoms with E-state index >= 15 is 0 Å². The van der Waals surface area contributed by atoms with Gasteiger partial charge in [0.25, 0.3) is 10.0 Å². The van der Waals surface area contributed by atoms with Crippen LogP contribution < -0.4 is 15.4 Å². The molecule has 8 heteroatoms. The van der Waals surface area contributed by atoms with Gasteiger partial charge in [0.05, 0.1) is 10.6 Å². The van der Waals surface area contributed by atoms with Crippen LogP contribution in [0.5, 0.6) is 0 Å². The SMILES string of the molecule is Cc1cccc(C)c1NS(=O)(=O)c1ccc(NC(=O)Nc2cccc(Cl)c2)cc1. The predicted molar refractivity (Wildman–Crippen MR) is 117 cm³/mol. The first-order valence-corrected chi connectivity index (χ1v) is 10.6. The molecule has 0 aliphatic rings. The average molecular weight is 430 g/mol. The fourth-order valence-corrected chi connectivity index (χ4v) is 4.14. The van der Waals surface area contributed by atoms with E-state index in [9.17, 15) is 13.2 Å². The Kier molecular flexibility index (Phi) is 6.10. The van der Waals surface area contributed by atoms with Crippen molar-refractivity contribution in [3.63, 3.8) is 0 Å². The van der Waals surface area contributed by atoms with E-state index in [2.05, 4.69) is 15.4 Å². The number of carbonyl (C=O) groups is 1. The quantitative estimate of drug-likeness (QED) is 0.507. The van der Waals surface area contributed by atoms with E-state index in [-0.39, 0.29) is 4.90 Å². The van der Waals surface area contributed by atoms with Crippen LogP contribution in [0.2, 0.25) is 5.02 Å². The van der Waals surface area contributed by atoms with E-state index in [1.165, 1.54) is 24.3 Å². The van der Waals surface area contributed by atoms with Gasteiger partial charge in [0.2, 0.25) is 0 Å². The fourth-order valence-electron chi connectivity index (χ4n) is 2.75. The molecule has 0 saturated heterocycles. The van der Waals surface area contributed by atoms with Gasteiger partial charge in [-0.1, -0.05) is 35.9 Å². The molecule has 0 bridgehead atoms. The first kappa shape index (κ1) is 20.7. The summed E-state index contributed by atoms with van der Waals surface area (Å²) in [5, 5.41) is 5.81. The van der Waals surface area contributed by atoms with Gasteiger partial charge in [-0.15, -0.1) is 0 Å². The van der Waals surface area contributed by atoms with Crippen LogP contribution in [0.1, 0.15) is 11.1 Å².